The average molecular weight is 466 g/mol. The molecule has 1 aromatic heterocycles. The van der Waals surface area contributed by atoms with Crippen molar-refractivity contribution in [3.63, 3.8) is 0 Å². The molecule has 0 bridgehead atoms. The number of ether oxygens (including phenoxy) is 3. The maximum absolute atomic E-state index is 13.4. The summed E-state index contributed by atoms with van der Waals surface area (Å²) in [7, 11) is 3.04. The van der Waals surface area contributed by atoms with Crippen LogP contribution in [0.25, 0.3) is 0 Å². The number of Topliss-reactive ketones (excluding diaryl/α,β-unsaturated/α-hetero) is 1. The minimum Gasteiger partial charge on any atom is -0.503 e. The zero-order valence-corrected chi connectivity index (χ0v) is 19.2. The third-order valence-corrected chi connectivity index (χ3v) is 6.20. The Morgan fingerprint density at radius 3 is 2.52 bits per heavy atom. The minimum atomic E-state index is -0.871. The Hall–Kier alpha value is -3.78. The summed E-state index contributed by atoms with van der Waals surface area (Å²) >= 11 is 1.25. The number of hydrogen-bond acceptors (Lipinski definition) is 7. The highest BCUT2D eigenvalue weighted by molar-refractivity contribution is 7.12. The fraction of sp³-hybridized carbons (Fsp3) is 0.200. The standard InChI is InChI=1S/C25H23NO6S/c1-4-32-17-8-5-7-16(14-17)26-22(15-10-11-18(30-2)19(13-15)31-3)21(24(28)25(26)29)23(27)20-9-6-12-33-20/h5-14,22,28H,4H2,1-3H3. The molecule has 33 heavy (non-hydrogen) atoms. The van der Waals surface area contributed by atoms with E-state index in [2.05, 4.69) is 0 Å². The highest BCUT2D eigenvalue weighted by atomic mass is 32.1. The molecular weight excluding hydrogens is 442 g/mol. The molecular formula is C25H23NO6S. The molecule has 1 aliphatic rings. The van der Waals surface area contributed by atoms with Crippen molar-refractivity contribution >= 4 is 28.7 Å². The number of methoxy groups -OCH3 is 2. The van der Waals surface area contributed by atoms with Gasteiger partial charge in [-0.2, -0.15) is 0 Å². The Bertz CT molecular complexity index is 1220. The normalized spacial score (nSPS) is 15.7. The summed E-state index contributed by atoms with van der Waals surface area (Å²) in [5.74, 6) is -0.113. The van der Waals surface area contributed by atoms with Gasteiger partial charge in [0.1, 0.15) is 5.75 Å². The van der Waals surface area contributed by atoms with E-state index >= 15 is 0 Å². The van der Waals surface area contributed by atoms with Gasteiger partial charge in [-0.15, -0.1) is 11.3 Å². The lowest BCUT2D eigenvalue weighted by molar-refractivity contribution is -0.117. The third kappa shape index (κ3) is 4.05. The van der Waals surface area contributed by atoms with E-state index < -0.39 is 23.5 Å². The van der Waals surface area contributed by atoms with Crippen molar-refractivity contribution in [3.8, 4) is 17.2 Å². The van der Waals surface area contributed by atoms with Crippen molar-refractivity contribution < 1.29 is 28.9 Å². The van der Waals surface area contributed by atoms with Gasteiger partial charge in [-0.05, 0) is 48.2 Å². The van der Waals surface area contributed by atoms with Crippen LogP contribution in [-0.4, -0.2) is 37.6 Å². The molecule has 2 heterocycles. The summed E-state index contributed by atoms with van der Waals surface area (Å²) < 4.78 is 16.4. The number of aliphatic hydroxyl groups excluding tert-OH is 1. The van der Waals surface area contributed by atoms with Crippen molar-refractivity contribution in [1.29, 1.82) is 0 Å². The monoisotopic (exact) mass is 465 g/mol. The van der Waals surface area contributed by atoms with E-state index in [1.807, 2.05) is 6.92 Å². The van der Waals surface area contributed by atoms with Crippen LogP contribution in [-0.2, 0) is 4.79 Å². The first-order valence-corrected chi connectivity index (χ1v) is 11.2. The largest absolute Gasteiger partial charge is 0.503 e. The lowest BCUT2D eigenvalue weighted by Crippen LogP contribution is -2.31. The smallest absolute Gasteiger partial charge is 0.294 e. The van der Waals surface area contributed by atoms with Gasteiger partial charge in [0.25, 0.3) is 5.91 Å². The maximum Gasteiger partial charge on any atom is 0.294 e. The topological polar surface area (TPSA) is 85.3 Å². The van der Waals surface area contributed by atoms with Crippen LogP contribution in [0.5, 0.6) is 17.2 Å². The number of amides is 1. The number of thiophene rings is 1. The second kappa shape index (κ2) is 9.38. The summed E-state index contributed by atoms with van der Waals surface area (Å²) in [6.45, 7) is 2.33. The molecule has 0 radical (unpaired) electrons. The van der Waals surface area contributed by atoms with Crippen LogP contribution in [0.2, 0.25) is 0 Å². The van der Waals surface area contributed by atoms with Gasteiger partial charge in [-0.25, -0.2) is 0 Å². The predicted octanol–water partition coefficient (Wildman–Crippen LogP) is 4.95. The van der Waals surface area contributed by atoms with Crippen molar-refractivity contribution in [1.82, 2.24) is 0 Å². The number of aliphatic hydroxyl groups is 1. The molecule has 1 atom stereocenters. The predicted molar refractivity (Wildman–Crippen MR) is 126 cm³/mol. The summed E-state index contributed by atoms with van der Waals surface area (Å²) in [4.78, 5) is 28.5. The molecule has 170 valence electrons. The van der Waals surface area contributed by atoms with Crippen LogP contribution in [0, 0.1) is 0 Å². The van der Waals surface area contributed by atoms with Gasteiger partial charge in [0.05, 0.1) is 37.3 Å². The number of anilines is 1. The van der Waals surface area contributed by atoms with Crippen LogP contribution >= 0.6 is 11.3 Å². The summed E-state index contributed by atoms with van der Waals surface area (Å²) in [6, 6.07) is 14.7. The third-order valence-electron chi connectivity index (χ3n) is 5.33. The van der Waals surface area contributed by atoms with Crippen LogP contribution < -0.4 is 19.1 Å². The van der Waals surface area contributed by atoms with E-state index in [9.17, 15) is 14.7 Å². The van der Waals surface area contributed by atoms with Crippen molar-refractivity contribution in [2.45, 2.75) is 13.0 Å². The summed E-state index contributed by atoms with van der Waals surface area (Å²) in [6.07, 6.45) is 0. The molecule has 1 N–H and O–H groups in total. The Morgan fingerprint density at radius 2 is 1.85 bits per heavy atom. The second-order valence-corrected chi connectivity index (χ2v) is 8.14. The van der Waals surface area contributed by atoms with Crippen LogP contribution in [0.4, 0.5) is 5.69 Å². The minimum absolute atomic E-state index is 0.0106. The Balaban J connectivity index is 1.89. The highest BCUT2D eigenvalue weighted by Crippen LogP contribution is 2.44. The Morgan fingerprint density at radius 1 is 1.06 bits per heavy atom. The summed E-state index contributed by atoms with van der Waals surface area (Å²) in [5, 5.41) is 12.6. The molecule has 0 saturated heterocycles. The Kier molecular flexibility index (Phi) is 6.37. The number of hydrogen-bond donors (Lipinski definition) is 1. The number of ketones is 1. The van der Waals surface area contributed by atoms with Gasteiger partial charge in [0.2, 0.25) is 5.78 Å². The number of nitrogens with zero attached hydrogens (tertiary/aromatic N) is 1. The highest BCUT2D eigenvalue weighted by Gasteiger charge is 2.45. The van der Waals surface area contributed by atoms with E-state index in [-0.39, 0.29) is 5.57 Å². The lowest BCUT2D eigenvalue weighted by Gasteiger charge is -2.27. The first kappa shape index (κ1) is 22.4. The van der Waals surface area contributed by atoms with E-state index in [1.54, 1.807) is 60.0 Å². The zero-order chi connectivity index (χ0) is 23.5. The second-order valence-electron chi connectivity index (χ2n) is 7.19. The summed E-state index contributed by atoms with van der Waals surface area (Å²) in [5.41, 5.74) is 1.09. The molecule has 7 nitrogen and oxygen atoms in total. The molecule has 1 amide bonds. The van der Waals surface area contributed by atoms with Gasteiger partial charge < -0.3 is 19.3 Å². The molecule has 4 rings (SSSR count). The van der Waals surface area contributed by atoms with Crippen molar-refractivity contribution in [3.05, 3.63) is 81.8 Å². The van der Waals surface area contributed by atoms with Gasteiger partial charge in [-0.1, -0.05) is 18.2 Å². The first-order chi connectivity index (χ1) is 16.0. The number of benzene rings is 2. The Labute approximate surface area is 195 Å². The maximum atomic E-state index is 13.4. The molecule has 0 aliphatic carbocycles. The molecule has 1 unspecified atom stereocenters. The quantitative estimate of drug-likeness (QED) is 0.474. The molecule has 8 heteroatoms. The fourth-order valence-electron chi connectivity index (χ4n) is 3.87. The van der Waals surface area contributed by atoms with Crippen LogP contribution in [0.15, 0.2) is 71.3 Å². The van der Waals surface area contributed by atoms with Crippen LogP contribution in [0.1, 0.15) is 28.2 Å². The van der Waals surface area contributed by atoms with Crippen molar-refractivity contribution in [2.24, 2.45) is 0 Å². The molecule has 2 aromatic carbocycles. The zero-order valence-electron chi connectivity index (χ0n) is 18.4. The van der Waals surface area contributed by atoms with E-state index in [0.717, 1.165) is 0 Å². The van der Waals surface area contributed by atoms with Gasteiger partial charge in [0, 0.05) is 11.8 Å². The van der Waals surface area contributed by atoms with Crippen LogP contribution in [0.3, 0.4) is 0 Å². The van der Waals surface area contributed by atoms with Gasteiger partial charge in [0.15, 0.2) is 17.3 Å². The molecule has 3 aromatic rings. The van der Waals surface area contributed by atoms with E-state index in [4.69, 9.17) is 14.2 Å². The van der Waals surface area contributed by atoms with Crippen molar-refractivity contribution in [2.75, 3.05) is 25.7 Å². The molecule has 0 saturated carbocycles. The van der Waals surface area contributed by atoms with E-state index in [1.165, 1.54) is 30.5 Å². The average Bonchev–Trinajstić information content (AvgIpc) is 3.46. The van der Waals surface area contributed by atoms with Gasteiger partial charge >= 0.3 is 0 Å². The molecule has 0 fully saturated rings. The fourth-order valence-corrected chi connectivity index (χ4v) is 4.55. The lowest BCUT2D eigenvalue weighted by atomic mass is 9.94. The number of rotatable bonds is 8. The number of carbonyl (C=O) groups excluding carboxylic acids is 2. The van der Waals surface area contributed by atoms with E-state index in [0.29, 0.717) is 40.0 Å². The molecule has 0 spiro atoms. The SMILES string of the molecule is CCOc1cccc(N2C(=O)C(O)=C(C(=O)c3cccs3)C2c2ccc(OC)c(OC)c2)c1. The first-order valence-electron chi connectivity index (χ1n) is 10.3. The van der Waals surface area contributed by atoms with Gasteiger partial charge in [-0.3, -0.25) is 14.5 Å². The molecule has 1 aliphatic heterocycles. The number of carbonyl (C=O) groups is 2.